The number of nitrogens with zero attached hydrogens (tertiary/aromatic N) is 2. The van der Waals surface area contributed by atoms with E-state index >= 15 is 0 Å². The molecule has 0 atom stereocenters. The van der Waals surface area contributed by atoms with E-state index in [9.17, 15) is 13.2 Å². The fraction of sp³-hybridized carbons (Fsp3) is 0.111. The lowest BCUT2D eigenvalue weighted by atomic mass is 10.1. The Kier molecular flexibility index (Phi) is 4.66. The molecule has 3 rings (SSSR count). The average molecular weight is 360 g/mol. The predicted molar refractivity (Wildman–Crippen MR) is 92.4 cm³/mol. The average Bonchev–Trinajstić information content (AvgIpc) is 2.60. The molecule has 0 saturated carbocycles. The van der Waals surface area contributed by atoms with E-state index < -0.39 is 11.7 Å². The molecule has 0 unspecified atom stereocenters. The van der Waals surface area contributed by atoms with Crippen LogP contribution in [0.25, 0.3) is 0 Å². The highest BCUT2D eigenvalue weighted by atomic mass is 19.4. The van der Waals surface area contributed by atoms with Gasteiger partial charge in [0, 0.05) is 0 Å². The van der Waals surface area contributed by atoms with Gasteiger partial charge in [0.2, 0.25) is 5.88 Å². The molecular weight excluding hydrogens is 345 g/mol. The Morgan fingerprint density at radius 3 is 2.38 bits per heavy atom. The second-order valence-electron chi connectivity index (χ2n) is 5.52. The van der Waals surface area contributed by atoms with Crippen LogP contribution < -0.4 is 15.8 Å². The van der Waals surface area contributed by atoms with Crippen LogP contribution in [-0.2, 0) is 6.18 Å². The molecule has 2 aromatic carbocycles. The third-order valence-corrected chi connectivity index (χ3v) is 3.57. The van der Waals surface area contributed by atoms with Crippen molar-refractivity contribution in [2.45, 2.75) is 13.1 Å². The number of hydrogen-bond donors (Lipinski definition) is 2. The topological polar surface area (TPSA) is 73.1 Å². The quantitative estimate of drug-likeness (QED) is 0.691. The van der Waals surface area contributed by atoms with Crippen LogP contribution in [0, 0.1) is 6.92 Å². The number of nitrogens with two attached hydrogens (primary N) is 1. The van der Waals surface area contributed by atoms with Crippen molar-refractivity contribution in [1.82, 2.24) is 9.97 Å². The Labute approximate surface area is 147 Å². The number of para-hydroxylation sites is 1. The van der Waals surface area contributed by atoms with Gasteiger partial charge in [-0.25, -0.2) is 4.98 Å². The monoisotopic (exact) mass is 360 g/mol. The number of benzene rings is 2. The smallest absolute Gasteiger partial charge is 0.418 e. The van der Waals surface area contributed by atoms with Crippen molar-refractivity contribution in [3.8, 4) is 11.6 Å². The van der Waals surface area contributed by atoms with Crippen LogP contribution >= 0.6 is 0 Å². The number of aryl methyl sites for hydroxylation is 1. The number of nitrogen functional groups attached to an aromatic ring is 1. The first kappa shape index (κ1) is 17.5. The van der Waals surface area contributed by atoms with Crippen molar-refractivity contribution in [2.75, 3.05) is 11.1 Å². The van der Waals surface area contributed by atoms with Crippen LogP contribution in [-0.4, -0.2) is 9.97 Å². The Morgan fingerprint density at radius 1 is 1.00 bits per heavy atom. The molecule has 1 heterocycles. The molecule has 0 amide bonds. The van der Waals surface area contributed by atoms with Gasteiger partial charge in [0.25, 0.3) is 0 Å². The van der Waals surface area contributed by atoms with Crippen molar-refractivity contribution >= 4 is 17.2 Å². The molecule has 0 fully saturated rings. The summed E-state index contributed by atoms with van der Waals surface area (Å²) in [4.78, 5) is 7.87. The number of anilines is 3. The number of rotatable bonds is 4. The number of alkyl halides is 3. The third kappa shape index (κ3) is 3.85. The molecular formula is C18H15F3N4O. The number of aromatic nitrogens is 2. The van der Waals surface area contributed by atoms with Crippen LogP contribution in [0.5, 0.6) is 11.6 Å². The SMILES string of the molecule is Cc1ccc(Oc2ncnc(Nc3ccccc3C(F)(F)F)c2N)cc1. The highest BCUT2D eigenvalue weighted by molar-refractivity contribution is 5.73. The molecule has 3 aromatic rings. The fourth-order valence-corrected chi connectivity index (χ4v) is 2.25. The van der Waals surface area contributed by atoms with E-state index in [4.69, 9.17) is 10.5 Å². The lowest BCUT2D eigenvalue weighted by Crippen LogP contribution is -2.10. The van der Waals surface area contributed by atoms with Gasteiger partial charge in [-0.15, -0.1) is 0 Å². The predicted octanol–water partition coefficient (Wildman–Crippen LogP) is 4.92. The van der Waals surface area contributed by atoms with Crippen molar-refractivity contribution in [3.63, 3.8) is 0 Å². The summed E-state index contributed by atoms with van der Waals surface area (Å²) in [6.07, 6.45) is -3.34. The zero-order valence-corrected chi connectivity index (χ0v) is 13.7. The van der Waals surface area contributed by atoms with Gasteiger partial charge in [0.05, 0.1) is 11.3 Å². The third-order valence-electron chi connectivity index (χ3n) is 3.57. The summed E-state index contributed by atoms with van der Waals surface area (Å²) in [7, 11) is 0. The molecule has 5 nitrogen and oxygen atoms in total. The molecule has 0 bridgehead atoms. The standard InChI is InChI=1S/C18H15F3N4O/c1-11-6-8-12(9-7-11)26-17-15(22)16(23-10-24-17)25-14-5-3-2-4-13(14)18(19,20)21/h2-10H,22H2,1H3,(H,23,24,25). The molecule has 0 aliphatic heterocycles. The van der Waals surface area contributed by atoms with Crippen LogP contribution in [0.3, 0.4) is 0 Å². The molecule has 1 aromatic heterocycles. The Morgan fingerprint density at radius 2 is 1.69 bits per heavy atom. The first-order valence-corrected chi connectivity index (χ1v) is 7.63. The molecule has 134 valence electrons. The minimum atomic E-state index is -4.51. The maximum atomic E-state index is 13.1. The lowest BCUT2D eigenvalue weighted by molar-refractivity contribution is -0.136. The maximum Gasteiger partial charge on any atom is 0.418 e. The number of ether oxygens (including phenoxy) is 1. The normalized spacial score (nSPS) is 11.2. The summed E-state index contributed by atoms with van der Waals surface area (Å²) in [5.41, 5.74) is 6.05. The minimum Gasteiger partial charge on any atom is -0.437 e. The lowest BCUT2D eigenvalue weighted by Gasteiger charge is -2.15. The van der Waals surface area contributed by atoms with Gasteiger partial charge in [-0.3, -0.25) is 0 Å². The van der Waals surface area contributed by atoms with Crippen LogP contribution in [0.15, 0.2) is 54.9 Å². The molecule has 26 heavy (non-hydrogen) atoms. The Hall–Kier alpha value is -3.29. The van der Waals surface area contributed by atoms with E-state index in [0.29, 0.717) is 5.75 Å². The van der Waals surface area contributed by atoms with Gasteiger partial charge < -0.3 is 15.8 Å². The van der Waals surface area contributed by atoms with Crippen molar-refractivity contribution in [2.24, 2.45) is 0 Å². The second kappa shape index (κ2) is 6.91. The summed E-state index contributed by atoms with van der Waals surface area (Å²) >= 11 is 0. The molecule has 0 spiro atoms. The zero-order chi connectivity index (χ0) is 18.7. The van der Waals surface area contributed by atoms with Gasteiger partial charge in [-0.05, 0) is 31.2 Å². The molecule has 3 N–H and O–H groups in total. The van der Waals surface area contributed by atoms with E-state index in [0.717, 1.165) is 11.6 Å². The largest absolute Gasteiger partial charge is 0.437 e. The molecule has 0 radical (unpaired) electrons. The van der Waals surface area contributed by atoms with E-state index in [1.165, 1.54) is 24.5 Å². The summed E-state index contributed by atoms with van der Waals surface area (Å²) in [5, 5.41) is 2.61. The number of nitrogens with one attached hydrogen (secondary N) is 1. The summed E-state index contributed by atoms with van der Waals surface area (Å²) in [5.74, 6) is 0.581. The number of halogens is 3. The van der Waals surface area contributed by atoms with Crippen molar-refractivity contribution in [1.29, 1.82) is 0 Å². The first-order valence-electron chi connectivity index (χ1n) is 7.63. The molecule has 0 aliphatic rings. The Bertz CT molecular complexity index is 911. The van der Waals surface area contributed by atoms with Gasteiger partial charge in [-0.2, -0.15) is 18.2 Å². The highest BCUT2D eigenvalue weighted by Crippen LogP contribution is 2.37. The first-order chi connectivity index (χ1) is 12.3. The second-order valence-corrected chi connectivity index (χ2v) is 5.52. The van der Waals surface area contributed by atoms with Crippen LogP contribution in [0.1, 0.15) is 11.1 Å². The highest BCUT2D eigenvalue weighted by Gasteiger charge is 2.33. The Balaban J connectivity index is 1.90. The minimum absolute atomic E-state index is 0.00468. The van der Waals surface area contributed by atoms with Crippen LogP contribution in [0.4, 0.5) is 30.4 Å². The number of hydrogen-bond acceptors (Lipinski definition) is 5. The zero-order valence-electron chi connectivity index (χ0n) is 13.7. The molecule has 0 aliphatic carbocycles. The summed E-state index contributed by atoms with van der Waals surface area (Å²) < 4.78 is 45.0. The van der Waals surface area contributed by atoms with E-state index in [1.807, 2.05) is 19.1 Å². The van der Waals surface area contributed by atoms with Gasteiger partial charge >= 0.3 is 6.18 Å². The molecule has 0 saturated heterocycles. The summed E-state index contributed by atoms with van der Waals surface area (Å²) in [6, 6.07) is 12.2. The van der Waals surface area contributed by atoms with E-state index in [2.05, 4.69) is 15.3 Å². The van der Waals surface area contributed by atoms with E-state index in [1.54, 1.807) is 12.1 Å². The molecule has 8 heteroatoms. The van der Waals surface area contributed by atoms with Crippen molar-refractivity contribution < 1.29 is 17.9 Å². The summed E-state index contributed by atoms with van der Waals surface area (Å²) in [6.45, 7) is 1.93. The van der Waals surface area contributed by atoms with Gasteiger partial charge in [0.15, 0.2) is 5.82 Å². The van der Waals surface area contributed by atoms with Crippen LogP contribution in [0.2, 0.25) is 0 Å². The van der Waals surface area contributed by atoms with Gasteiger partial charge in [-0.1, -0.05) is 29.8 Å². The fourth-order valence-electron chi connectivity index (χ4n) is 2.25. The maximum absolute atomic E-state index is 13.1. The van der Waals surface area contributed by atoms with E-state index in [-0.39, 0.29) is 23.1 Å². The van der Waals surface area contributed by atoms with Crippen molar-refractivity contribution in [3.05, 3.63) is 66.0 Å². The van der Waals surface area contributed by atoms with Gasteiger partial charge in [0.1, 0.15) is 17.8 Å².